The van der Waals surface area contributed by atoms with Crippen LogP contribution in [-0.2, 0) is 0 Å². The molecule has 0 nitrogen and oxygen atoms in total. The molecule has 2 aliphatic carbocycles. The SMILES string of the molecule is C1=CCC2=c3ccccc3=c3ccccc3=CC2=C1. The lowest BCUT2D eigenvalue weighted by Gasteiger charge is -2.09. The quantitative estimate of drug-likeness (QED) is 0.666. The molecular weight excluding hydrogens is 228 g/mol. The first-order valence-corrected chi connectivity index (χ1v) is 6.70. The highest BCUT2D eigenvalue weighted by Crippen LogP contribution is 2.21. The Labute approximate surface area is 112 Å². The molecule has 0 saturated heterocycles. The molecule has 0 N–H and O–H groups in total. The minimum atomic E-state index is 1.02. The maximum absolute atomic E-state index is 2.31. The zero-order valence-electron chi connectivity index (χ0n) is 10.6. The number of hydrogen-bond donors (Lipinski definition) is 0. The highest BCUT2D eigenvalue weighted by molar-refractivity contribution is 5.80. The van der Waals surface area contributed by atoms with E-state index in [9.17, 15) is 0 Å². The molecule has 19 heavy (non-hydrogen) atoms. The molecule has 0 heterocycles. The minimum Gasteiger partial charge on any atom is -0.0801 e. The fourth-order valence-electron chi connectivity index (χ4n) is 2.99. The van der Waals surface area contributed by atoms with Crippen molar-refractivity contribution in [2.75, 3.05) is 0 Å². The van der Waals surface area contributed by atoms with Crippen molar-refractivity contribution in [2.24, 2.45) is 0 Å². The third-order valence-electron chi connectivity index (χ3n) is 3.90. The van der Waals surface area contributed by atoms with Gasteiger partial charge in [0.25, 0.3) is 0 Å². The monoisotopic (exact) mass is 242 g/mol. The number of rotatable bonds is 0. The minimum absolute atomic E-state index is 1.02. The van der Waals surface area contributed by atoms with Crippen LogP contribution in [0.2, 0.25) is 0 Å². The second-order valence-electron chi connectivity index (χ2n) is 5.01. The van der Waals surface area contributed by atoms with E-state index in [4.69, 9.17) is 0 Å². The molecule has 4 rings (SSSR count). The van der Waals surface area contributed by atoms with Crippen LogP contribution < -0.4 is 10.4 Å². The van der Waals surface area contributed by atoms with Crippen LogP contribution in [0.1, 0.15) is 6.42 Å². The number of fused-ring (bicyclic) bond motifs is 3. The topological polar surface area (TPSA) is 0 Å². The maximum atomic E-state index is 2.31. The Balaban J connectivity index is 2.39. The van der Waals surface area contributed by atoms with Crippen molar-refractivity contribution in [2.45, 2.75) is 6.42 Å². The van der Waals surface area contributed by atoms with E-state index < -0.39 is 0 Å². The Bertz CT molecular complexity index is 924. The fraction of sp³-hybridized carbons (Fsp3) is 0.0526. The normalized spacial score (nSPS) is 15.6. The molecule has 0 radical (unpaired) electrons. The summed E-state index contributed by atoms with van der Waals surface area (Å²) >= 11 is 0. The molecule has 0 fully saturated rings. The van der Waals surface area contributed by atoms with E-state index in [0.717, 1.165) is 6.42 Å². The van der Waals surface area contributed by atoms with Crippen molar-refractivity contribution >= 4 is 11.6 Å². The summed E-state index contributed by atoms with van der Waals surface area (Å²) < 4.78 is 0. The van der Waals surface area contributed by atoms with Crippen molar-refractivity contribution in [3.8, 4) is 0 Å². The van der Waals surface area contributed by atoms with Crippen molar-refractivity contribution in [1.82, 2.24) is 0 Å². The zero-order chi connectivity index (χ0) is 12.7. The molecule has 0 spiro atoms. The molecular formula is C19H14. The van der Waals surface area contributed by atoms with Gasteiger partial charge in [-0.05, 0) is 44.5 Å². The summed E-state index contributed by atoms with van der Waals surface area (Å²) in [4.78, 5) is 0. The average Bonchev–Trinajstić information content (AvgIpc) is 2.62. The summed E-state index contributed by atoms with van der Waals surface area (Å²) in [5.41, 5.74) is 2.79. The van der Waals surface area contributed by atoms with Crippen molar-refractivity contribution in [1.29, 1.82) is 0 Å². The van der Waals surface area contributed by atoms with Crippen LogP contribution in [0.15, 0.2) is 72.3 Å². The standard InChI is InChI=1S/C19H14/c1-3-9-16-14(7-1)13-15-8-2-4-10-17(15)19-12-6-5-11-18(16)19/h1-9,11-13H,10H2. The predicted octanol–water partition coefficient (Wildman–Crippen LogP) is 2.80. The van der Waals surface area contributed by atoms with Crippen molar-refractivity contribution < 1.29 is 0 Å². The molecule has 0 atom stereocenters. The van der Waals surface area contributed by atoms with Gasteiger partial charge in [-0.15, -0.1) is 0 Å². The summed E-state index contributed by atoms with van der Waals surface area (Å²) in [5, 5.41) is 5.37. The Hall–Kier alpha value is -2.34. The molecule has 0 saturated carbocycles. The van der Waals surface area contributed by atoms with E-state index in [2.05, 4.69) is 72.8 Å². The summed E-state index contributed by atoms with van der Waals surface area (Å²) in [6.45, 7) is 0. The first kappa shape index (κ1) is 10.6. The molecule has 0 aliphatic heterocycles. The van der Waals surface area contributed by atoms with Gasteiger partial charge in [-0.1, -0.05) is 66.8 Å². The third-order valence-corrected chi connectivity index (χ3v) is 3.90. The van der Waals surface area contributed by atoms with E-state index in [1.54, 1.807) is 0 Å². The summed E-state index contributed by atoms with van der Waals surface area (Å²) in [7, 11) is 0. The number of allylic oxidation sites excluding steroid dienone is 4. The van der Waals surface area contributed by atoms with Crippen LogP contribution in [0.5, 0.6) is 0 Å². The lowest BCUT2D eigenvalue weighted by molar-refractivity contribution is 1.32. The summed E-state index contributed by atoms with van der Waals surface area (Å²) in [5.74, 6) is 0. The molecule has 2 aromatic rings. The average molecular weight is 242 g/mol. The Kier molecular flexibility index (Phi) is 2.28. The summed E-state index contributed by atoms with van der Waals surface area (Å²) in [6.07, 6.45) is 9.95. The number of benzene rings is 2. The lowest BCUT2D eigenvalue weighted by Crippen LogP contribution is -2.09. The van der Waals surface area contributed by atoms with Gasteiger partial charge >= 0.3 is 0 Å². The van der Waals surface area contributed by atoms with E-state index in [1.807, 2.05) is 0 Å². The Morgan fingerprint density at radius 3 is 2.37 bits per heavy atom. The highest BCUT2D eigenvalue weighted by Gasteiger charge is 2.08. The Morgan fingerprint density at radius 1 is 0.737 bits per heavy atom. The van der Waals surface area contributed by atoms with Crippen molar-refractivity contribution in [3.05, 3.63) is 93.2 Å². The van der Waals surface area contributed by atoms with Crippen LogP contribution in [0.4, 0.5) is 0 Å². The molecule has 0 aromatic heterocycles. The van der Waals surface area contributed by atoms with Crippen molar-refractivity contribution in [3.63, 3.8) is 0 Å². The second-order valence-corrected chi connectivity index (χ2v) is 5.01. The first-order chi connectivity index (χ1) is 9.43. The molecule has 2 aliphatic rings. The lowest BCUT2D eigenvalue weighted by atomic mass is 9.95. The van der Waals surface area contributed by atoms with Gasteiger partial charge in [0.1, 0.15) is 0 Å². The zero-order valence-corrected chi connectivity index (χ0v) is 10.6. The third kappa shape index (κ3) is 1.61. The Morgan fingerprint density at radius 2 is 1.47 bits per heavy atom. The van der Waals surface area contributed by atoms with E-state index in [0.29, 0.717) is 0 Å². The van der Waals surface area contributed by atoms with Gasteiger partial charge in [0.05, 0.1) is 0 Å². The first-order valence-electron chi connectivity index (χ1n) is 6.70. The van der Waals surface area contributed by atoms with Gasteiger partial charge in [0.15, 0.2) is 0 Å². The fourth-order valence-corrected chi connectivity index (χ4v) is 2.99. The molecule has 0 unspecified atom stereocenters. The summed E-state index contributed by atoms with van der Waals surface area (Å²) in [6, 6.07) is 17.4. The smallest absolute Gasteiger partial charge is 0.00822 e. The second kappa shape index (κ2) is 4.10. The molecule has 90 valence electrons. The molecule has 0 amide bonds. The highest BCUT2D eigenvalue weighted by atomic mass is 14.1. The predicted molar refractivity (Wildman–Crippen MR) is 79.5 cm³/mol. The number of hydrogen-bond acceptors (Lipinski definition) is 0. The van der Waals surface area contributed by atoms with Crippen LogP contribution in [0.3, 0.4) is 0 Å². The maximum Gasteiger partial charge on any atom is -0.00822 e. The van der Waals surface area contributed by atoms with Crippen LogP contribution in [0, 0.1) is 10.4 Å². The van der Waals surface area contributed by atoms with Gasteiger partial charge < -0.3 is 0 Å². The van der Waals surface area contributed by atoms with E-state index in [1.165, 1.54) is 32.0 Å². The van der Waals surface area contributed by atoms with E-state index >= 15 is 0 Å². The van der Waals surface area contributed by atoms with Gasteiger partial charge in [0.2, 0.25) is 0 Å². The molecule has 0 heteroatoms. The van der Waals surface area contributed by atoms with Gasteiger partial charge in [-0.3, -0.25) is 0 Å². The van der Waals surface area contributed by atoms with Crippen LogP contribution in [-0.4, -0.2) is 0 Å². The van der Waals surface area contributed by atoms with Gasteiger partial charge in [0, 0.05) is 0 Å². The van der Waals surface area contributed by atoms with Gasteiger partial charge in [-0.2, -0.15) is 0 Å². The molecule has 2 aromatic carbocycles. The molecule has 0 bridgehead atoms. The van der Waals surface area contributed by atoms with Gasteiger partial charge in [-0.25, -0.2) is 0 Å². The van der Waals surface area contributed by atoms with Crippen LogP contribution >= 0.6 is 0 Å². The largest absolute Gasteiger partial charge is 0.0801 e. The van der Waals surface area contributed by atoms with E-state index in [-0.39, 0.29) is 0 Å². The van der Waals surface area contributed by atoms with Crippen LogP contribution in [0.25, 0.3) is 11.6 Å².